The molecule has 0 aromatic carbocycles. The molecule has 2 bridgehead atoms. The van der Waals surface area contributed by atoms with Crippen LogP contribution in [0.25, 0.3) is 0 Å². The molecule has 0 N–H and O–H groups in total. The number of hydrogen-bond donors (Lipinski definition) is 0. The molecule has 0 spiro atoms. The molecule has 0 aromatic rings. The van der Waals surface area contributed by atoms with Crippen molar-refractivity contribution in [2.24, 2.45) is 0 Å². The number of Topliss-reactive ketones (excluding diaryl/α,β-unsaturated/α-hetero) is 1. The van der Waals surface area contributed by atoms with Crippen molar-refractivity contribution in [3.05, 3.63) is 0 Å². The van der Waals surface area contributed by atoms with Crippen LogP contribution in [0.2, 0.25) is 0 Å². The lowest BCUT2D eigenvalue weighted by molar-refractivity contribution is -0.195. The summed E-state index contributed by atoms with van der Waals surface area (Å²) in [7, 11) is 0. The Bertz CT molecular complexity index is 214. The molecule has 0 aromatic heterocycles. The van der Waals surface area contributed by atoms with Crippen LogP contribution in [0, 0.1) is 0 Å². The predicted molar refractivity (Wildman–Crippen MR) is 42.7 cm³/mol. The van der Waals surface area contributed by atoms with E-state index >= 15 is 0 Å². The number of ether oxygens (including phenoxy) is 2. The van der Waals surface area contributed by atoms with Gasteiger partial charge in [0.15, 0.2) is 11.6 Å². The van der Waals surface area contributed by atoms with E-state index in [1.807, 2.05) is 13.8 Å². The van der Waals surface area contributed by atoms with Crippen molar-refractivity contribution >= 4 is 5.78 Å². The van der Waals surface area contributed by atoms with Crippen LogP contribution in [0.1, 0.15) is 33.1 Å². The van der Waals surface area contributed by atoms with Crippen LogP contribution >= 0.6 is 0 Å². The molecule has 2 saturated heterocycles. The Labute approximate surface area is 72.0 Å². The summed E-state index contributed by atoms with van der Waals surface area (Å²) in [5.41, 5.74) is 0. The van der Waals surface area contributed by atoms with Crippen LogP contribution in [0.4, 0.5) is 0 Å². The SMILES string of the molecule is CC[C@@]12CCC(=O)[C@@H](O1)[C@H](C)O2. The minimum atomic E-state index is -0.433. The van der Waals surface area contributed by atoms with Gasteiger partial charge in [-0.15, -0.1) is 0 Å². The third kappa shape index (κ3) is 1.00. The van der Waals surface area contributed by atoms with E-state index in [2.05, 4.69) is 0 Å². The Morgan fingerprint density at radius 1 is 1.58 bits per heavy atom. The topological polar surface area (TPSA) is 35.5 Å². The number of carbonyl (C=O) groups excluding carboxylic acids is 1. The molecule has 2 aliphatic rings. The fourth-order valence-electron chi connectivity index (χ4n) is 2.00. The molecule has 0 unspecified atom stereocenters. The Morgan fingerprint density at radius 3 is 3.00 bits per heavy atom. The maximum Gasteiger partial charge on any atom is 0.170 e. The van der Waals surface area contributed by atoms with E-state index in [4.69, 9.17) is 9.47 Å². The molecular formula is C9H14O3. The van der Waals surface area contributed by atoms with Crippen molar-refractivity contribution in [1.82, 2.24) is 0 Å². The molecule has 12 heavy (non-hydrogen) atoms. The second-order valence-electron chi connectivity index (χ2n) is 3.59. The molecule has 0 amide bonds. The molecule has 3 heteroatoms. The molecule has 2 aliphatic heterocycles. The Kier molecular flexibility index (Phi) is 1.73. The van der Waals surface area contributed by atoms with Crippen LogP contribution in [-0.4, -0.2) is 23.8 Å². The summed E-state index contributed by atoms with van der Waals surface area (Å²) >= 11 is 0. The van der Waals surface area contributed by atoms with Gasteiger partial charge in [-0.3, -0.25) is 4.79 Å². The Balaban J connectivity index is 2.22. The van der Waals surface area contributed by atoms with Crippen molar-refractivity contribution in [3.63, 3.8) is 0 Å². The molecule has 3 nitrogen and oxygen atoms in total. The van der Waals surface area contributed by atoms with E-state index in [1.54, 1.807) is 0 Å². The zero-order valence-electron chi connectivity index (χ0n) is 7.50. The second kappa shape index (κ2) is 2.54. The van der Waals surface area contributed by atoms with Crippen LogP contribution in [0.5, 0.6) is 0 Å². The zero-order valence-corrected chi connectivity index (χ0v) is 7.50. The van der Waals surface area contributed by atoms with Crippen LogP contribution in [0.15, 0.2) is 0 Å². The van der Waals surface area contributed by atoms with Gasteiger partial charge in [-0.2, -0.15) is 0 Å². The first kappa shape index (κ1) is 8.20. The van der Waals surface area contributed by atoms with Gasteiger partial charge < -0.3 is 9.47 Å². The molecule has 3 atom stereocenters. The normalized spacial score (nSPS) is 46.7. The average Bonchev–Trinajstić information content (AvgIpc) is 2.35. The molecule has 68 valence electrons. The van der Waals surface area contributed by atoms with Crippen molar-refractivity contribution in [1.29, 1.82) is 0 Å². The summed E-state index contributed by atoms with van der Waals surface area (Å²) in [5.74, 6) is -0.234. The molecule has 2 heterocycles. The minimum absolute atomic E-state index is 0.0556. The molecule has 0 aliphatic carbocycles. The third-order valence-electron chi connectivity index (χ3n) is 2.78. The fraction of sp³-hybridized carbons (Fsp3) is 0.889. The van der Waals surface area contributed by atoms with Crippen LogP contribution in [0.3, 0.4) is 0 Å². The standard InChI is InChI=1S/C9H14O3/c1-3-9-5-4-7(10)8(12-9)6(2)11-9/h6,8H,3-5H2,1-2H3/t6-,8-,9-/m0/s1. The number of ketones is 1. The van der Waals surface area contributed by atoms with Crippen molar-refractivity contribution < 1.29 is 14.3 Å². The Hall–Kier alpha value is -0.410. The van der Waals surface area contributed by atoms with Crippen molar-refractivity contribution in [3.8, 4) is 0 Å². The third-order valence-corrected chi connectivity index (χ3v) is 2.78. The lowest BCUT2D eigenvalue weighted by atomic mass is 9.99. The predicted octanol–water partition coefficient (Wildman–Crippen LogP) is 1.26. The van der Waals surface area contributed by atoms with E-state index in [1.165, 1.54) is 0 Å². The average molecular weight is 170 g/mol. The maximum atomic E-state index is 11.3. The van der Waals surface area contributed by atoms with Gasteiger partial charge in [-0.1, -0.05) is 6.92 Å². The van der Waals surface area contributed by atoms with E-state index in [0.29, 0.717) is 6.42 Å². The largest absolute Gasteiger partial charge is 0.344 e. The van der Waals surface area contributed by atoms with Gasteiger partial charge >= 0.3 is 0 Å². The molecule has 2 fully saturated rings. The van der Waals surface area contributed by atoms with E-state index < -0.39 is 5.79 Å². The number of fused-ring (bicyclic) bond motifs is 2. The summed E-state index contributed by atoms with van der Waals surface area (Å²) in [6, 6.07) is 0. The van der Waals surface area contributed by atoms with Gasteiger partial charge in [0.25, 0.3) is 0 Å². The van der Waals surface area contributed by atoms with Gasteiger partial charge in [0.2, 0.25) is 0 Å². The first-order valence-electron chi connectivity index (χ1n) is 4.55. The summed E-state index contributed by atoms with van der Waals surface area (Å²) in [6.07, 6.45) is 1.83. The number of carbonyl (C=O) groups is 1. The van der Waals surface area contributed by atoms with E-state index in [0.717, 1.165) is 12.8 Å². The van der Waals surface area contributed by atoms with Crippen LogP contribution in [-0.2, 0) is 14.3 Å². The van der Waals surface area contributed by atoms with Crippen molar-refractivity contribution in [2.75, 3.05) is 0 Å². The highest BCUT2D eigenvalue weighted by Gasteiger charge is 2.51. The first-order valence-corrected chi connectivity index (χ1v) is 4.55. The minimum Gasteiger partial charge on any atom is -0.344 e. The summed E-state index contributed by atoms with van der Waals surface area (Å²) in [4.78, 5) is 11.3. The summed E-state index contributed by atoms with van der Waals surface area (Å²) in [5, 5.41) is 0. The quantitative estimate of drug-likeness (QED) is 0.594. The fourth-order valence-corrected chi connectivity index (χ4v) is 2.00. The highest BCUT2D eigenvalue weighted by atomic mass is 16.8. The maximum absolute atomic E-state index is 11.3. The van der Waals surface area contributed by atoms with Gasteiger partial charge in [-0.25, -0.2) is 0 Å². The first-order chi connectivity index (χ1) is 5.67. The van der Waals surface area contributed by atoms with E-state index in [-0.39, 0.29) is 18.0 Å². The van der Waals surface area contributed by atoms with Gasteiger partial charge in [0.1, 0.15) is 6.10 Å². The Morgan fingerprint density at radius 2 is 2.33 bits per heavy atom. The highest BCUT2D eigenvalue weighted by Crippen LogP contribution is 2.40. The molecular weight excluding hydrogens is 156 g/mol. The molecule has 2 rings (SSSR count). The van der Waals surface area contributed by atoms with Crippen molar-refractivity contribution in [2.45, 2.75) is 51.1 Å². The van der Waals surface area contributed by atoms with Gasteiger partial charge in [-0.05, 0) is 13.3 Å². The monoisotopic (exact) mass is 170 g/mol. The molecule has 0 radical (unpaired) electrons. The summed E-state index contributed by atoms with van der Waals surface area (Å²) in [6.45, 7) is 3.94. The van der Waals surface area contributed by atoms with Gasteiger partial charge in [0, 0.05) is 12.8 Å². The summed E-state index contributed by atoms with van der Waals surface area (Å²) < 4.78 is 11.2. The smallest absolute Gasteiger partial charge is 0.170 e. The zero-order chi connectivity index (χ0) is 8.77. The highest BCUT2D eigenvalue weighted by molar-refractivity contribution is 5.84. The molecule has 0 saturated carbocycles. The second-order valence-corrected chi connectivity index (χ2v) is 3.59. The van der Waals surface area contributed by atoms with Crippen LogP contribution < -0.4 is 0 Å². The lowest BCUT2D eigenvalue weighted by Gasteiger charge is -2.29. The van der Waals surface area contributed by atoms with Gasteiger partial charge in [0.05, 0.1) is 6.10 Å². The lowest BCUT2D eigenvalue weighted by Crippen LogP contribution is -2.38. The van der Waals surface area contributed by atoms with E-state index in [9.17, 15) is 4.79 Å². The number of hydrogen-bond acceptors (Lipinski definition) is 3. The number of rotatable bonds is 1.